The first-order valence-electron chi connectivity index (χ1n) is 9.35. The maximum absolute atomic E-state index is 12.4. The van der Waals surface area contributed by atoms with Crippen molar-refractivity contribution in [1.82, 2.24) is 30.0 Å². The lowest BCUT2D eigenvalue weighted by atomic mass is 10.2. The summed E-state index contributed by atoms with van der Waals surface area (Å²) < 4.78 is 1.81. The van der Waals surface area contributed by atoms with E-state index in [-0.39, 0.29) is 12.1 Å². The van der Waals surface area contributed by atoms with E-state index in [1.807, 2.05) is 43.8 Å². The van der Waals surface area contributed by atoms with Crippen LogP contribution in [0.3, 0.4) is 0 Å². The van der Waals surface area contributed by atoms with Crippen molar-refractivity contribution in [2.45, 2.75) is 32.2 Å². The summed E-state index contributed by atoms with van der Waals surface area (Å²) >= 11 is 1.74. The third-order valence-electron chi connectivity index (χ3n) is 4.95. The van der Waals surface area contributed by atoms with Gasteiger partial charge in [0.25, 0.3) is 0 Å². The van der Waals surface area contributed by atoms with Crippen LogP contribution in [0, 0.1) is 6.92 Å². The van der Waals surface area contributed by atoms with E-state index < -0.39 is 0 Å². The number of carbonyl (C=O) groups is 1. The zero-order valence-electron chi connectivity index (χ0n) is 16.7. The Morgan fingerprint density at radius 2 is 2.10 bits per heavy atom. The molecule has 0 spiro atoms. The topological polar surface area (TPSA) is 88.0 Å². The van der Waals surface area contributed by atoms with Crippen LogP contribution in [0.2, 0.25) is 0 Å². The van der Waals surface area contributed by atoms with Crippen LogP contribution in [0.25, 0.3) is 16.6 Å². The van der Waals surface area contributed by atoms with E-state index in [9.17, 15) is 4.79 Å². The molecule has 4 rings (SSSR count). The average Bonchev–Trinajstić information content (AvgIpc) is 3.25. The molecule has 4 heterocycles. The lowest BCUT2D eigenvalue weighted by Crippen LogP contribution is -2.41. The fraction of sp³-hybridized carbons (Fsp3) is 0.300. The standard InChI is InChI=1S/C20H23N7OS/c1-12-7-16(5-6-21-12)27-17-10-22-19(8-15(17)9-23-27)25-20(28)24-13(2)18-11-29-14(3)26(18)4/h5-11,13-14H,1-4H3,(H2,22,24,25,28). The number of anilines is 1. The number of carbonyl (C=O) groups excluding carboxylic acids is 1. The Morgan fingerprint density at radius 1 is 1.28 bits per heavy atom. The van der Waals surface area contributed by atoms with Crippen LogP contribution in [0.1, 0.15) is 19.5 Å². The molecule has 9 heteroatoms. The van der Waals surface area contributed by atoms with Crippen LogP contribution < -0.4 is 10.6 Å². The molecular formula is C20H23N7OS. The maximum Gasteiger partial charge on any atom is 0.320 e. The van der Waals surface area contributed by atoms with E-state index >= 15 is 0 Å². The molecule has 0 aromatic carbocycles. The van der Waals surface area contributed by atoms with Gasteiger partial charge in [-0.3, -0.25) is 10.3 Å². The number of nitrogens with zero attached hydrogens (tertiary/aromatic N) is 5. The molecule has 3 aromatic heterocycles. The highest BCUT2D eigenvalue weighted by atomic mass is 32.2. The fourth-order valence-electron chi connectivity index (χ4n) is 3.25. The fourth-order valence-corrected chi connectivity index (χ4v) is 4.26. The highest BCUT2D eigenvalue weighted by molar-refractivity contribution is 8.02. The molecule has 2 amide bonds. The molecule has 0 aliphatic carbocycles. The summed E-state index contributed by atoms with van der Waals surface area (Å²) in [4.78, 5) is 23.2. The Hall–Kier alpha value is -3.07. The summed E-state index contributed by atoms with van der Waals surface area (Å²) in [7, 11) is 2.03. The quantitative estimate of drug-likeness (QED) is 0.686. The molecule has 3 aromatic rings. The average molecular weight is 410 g/mol. The normalized spacial score (nSPS) is 17.3. The molecule has 8 nitrogen and oxygen atoms in total. The predicted molar refractivity (Wildman–Crippen MR) is 116 cm³/mol. The predicted octanol–water partition coefficient (Wildman–Crippen LogP) is 3.50. The van der Waals surface area contributed by atoms with Crippen molar-refractivity contribution in [3.63, 3.8) is 0 Å². The third-order valence-corrected chi connectivity index (χ3v) is 6.04. The molecule has 0 saturated carbocycles. The van der Waals surface area contributed by atoms with Gasteiger partial charge in [-0.2, -0.15) is 5.10 Å². The second kappa shape index (κ2) is 7.75. The summed E-state index contributed by atoms with van der Waals surface area (Å²) in [6, 6.07) is 5.28. The molecule has 1 aliphatic heterocycles. The molecule has 0 fully saturated rings. The van der Waals surface area contributed by atoms with E-state index in [0.717, 1.165) is 28.0 Å². The van der Waals surface area contributed by atoms with Crippen LogP contribution in [-0.2, 0) is 0 Å². The maximum atomic E-state index is 12.4. The van der Waals surface area contributed by atoms with Gasteiger partial charge in [-0.15, -0.1) is 11.8 Å². The second-order valence-electron chi connectivity index (χ2n) is 7.05. The molecule has 0 radical (unpaired) electrons. The largest absolute Gasteiger partial charge is 0.364 e. The van der Waals surface area contributed by atoms with Gasteiger partial charge in [-0.05, 0) is 44.4 Å². The van der Waals surface area contributed by atoms with Crippen molar-refractivity contribution in [2.75, 3.05) is 12.4 Å². The number of rotatable bonds is 4. The van der Waals surface area contributed by atoms with Gasteiger partial charge in [0.2, 0.25) is 0 Å². The number of aryl methyl sites for hydroxylation is 1. The highest BCUT2D eigenvalue weighted by Gasteiger charge is 2.24. The highest BCUT2D eigenvalue weighted by Crippen LogP contribution is 2.30. The third kappa shape index (κ3) is 3.91. The summed E-state index contributed by atoms with van der Waals surface area (Å²) in [5.74, 6) is 0.476. The van der Waals surface area contributed by atoms with Crippen LogP contribution in [-0.4, -0.2) is 49.1 Å². The molecule has 0 bridgehead atoms. The van der Waals surface area contributed by atoms with E-state index in [0.29, 0.717) is 11.2 Å². The number of amides is 2. The first kappa shape index (κ1) is 19.3. The minimum atomic E-state index is -0.291. The van der Waals surface area contributed by atoms with Gasteiger partial charge in [-0.1, -0.05) is 0 Å². The van der Waals surface area contributed by atoms with Gasteiger partial charge in [0.05, 0.1) is 35.0 Å². The van der Waals surface area contributed by atoms with E-state index in [2.05, 4.69) is 42.9 Å². The molecule has 2 N–H and O–H groups in total. The van der Waals surface area contributed by atoms with Gasteiger partial charge >= 0.3 is 6.03 Å². The molecule has 150 valence electrons. The van der Waals surface area contributed by atoms with Crippen molar-refractivity contribution in [3.05, 3.63) is 53.6 Å². The van der Waals surface area contributed by atoms with Crippen molar-refractivity contribution in [1.29, 1.82) is 0 Å². The molecule has 2 unspecified atom stereocenters. The van der Waals surface area contributed by atoms with Gasteiger partial charge in [-0.25, -0.2) is 14.5 Å². The lowest BCUT2D eigenvalue weighted by molar-refractivity contribution is 0.248. The Balaban J connectivity index is 1.47. The minimum Gasteiger partial charge on any atom is -0.364 e. The van der Waals surface area contributed by atoms with Gasteiger partial charge in [0, 0.05) is 30.0 Å². The number of aromatic nitrogens is 4. The van der Waals surface area contributed by atoms with Gasteiger partial charge < -0.3 is 10.2 Å². The van der Waals surface area contributed by atoms with Crippen molar-refractivity contribution in [3.8, 4) is 5.69 Å². The number of thioether (sulfide) groups is 1. The molecule has 1 aliphatic rings. The number of pyridine rings is 2. The smallest absolute Gasteiger partial charge is 0.320 e. The number of hydrogen-bond donors (Lipinski definition) is 2. The van der Waals surface area contributed by atoms with Crippen LogP contribution in [0.15, 0.2) is 47.9 Å². The first-order valence-corrected chi connectivity index (χ1v) is 10.3. The Labute approximate surface area is 173 Å². The van der Waals surface area contributed by atoms with E-state index in [4.69, 9.17) is 0 Å². The monoisotopic (exact) mass is 409 g/mol. The van der Waals surface area contributed by atoms with E-state index in [1.165, 1.54) is 0 Å². The van der Waals surface area contributed by atoms with Crippen molar-refractivity contribution < 1.29 is 4.79 Å². The number of hydrogen-bond acceptors (Lipinski definition) is 6. The molecule has 2 atom stereocenters. The Kier molecular flexibility index (Phi) is 5.14. The lowest BCUT2D eigenvalue weighted by Gasteiger charge is -2.26. The van der Waals surface area contributed by atoms with Crippen LogP contribution in [0.4, 0.5) is 10.6 Å². The van der Waals surface area contributed by atoms with Gasteiger partial charge in [0.1, 0.15) is 5.82 Å². The van der Waals surface area contributed by atoms with Crippen molar-refractivity contribution >= 4 is 34.5 Å². The zero-order valence-corrected chi connectivity index (χ0v) is 17.6. The van der Waals surface area contributed by atoms with Gasteiger partial charge in [0.15, 0.2) is 0 Å². The summed E-state index contributed by atoms with van der Waals surface area (Å²) in [6.45, 7) is 6.04. The second-order valence-corrected chi connectivity index (χ2v) is 8.24. The number of fused-ring (bicyclic) bond motifs is 1. The van der Waals surface area contributed by atoms with Crippen molar-refractivity contribution in [2.24, 2.45) is 0 Å². The number of nitrogens with one attached hydrogen (secondary N) is 2. The summed E-state index contributed by atoms with van der Waals surface area (Å²) in [6.07, 6.45) is 5.22. The SMILES string of the molecule is Cc1cc(-n2ncc3cc(NC(=O)NC(C)C4=CSC(C)N4C)ncc32)ccn1. The summed E-state index contributed by atoms with van der Waals surface area (Å²) in [5.41, 5.74) is 3.79. The van der Waals surface area contributed by atoms with Crippen LogP contribution in [0.5, 0.6) is 0 Å². The molecule has 29 heavy (non-hydrogen) atoms. The first-order chi connectivity index (χ1) is 13.9. The van der Waals surface area contributed by atoms with Crippen LogP contribution >= 0.6 is 11.8 Å². The zero-order chi connectivity index (χ0) is 20.5. The minimum absolute atomic E-state index is 0.0983. The van der Waals surface area contributed by atoms with E-state index in [1.54, 1.807) is 30.4 Å². The Morgan fingerprint density at radius 3 is 2.83 bits per heavy atom. The number of urea groups is 1. The molecular weight excluding hydrogens is 386 g/mol. The molecule has 0 saturated heterocycles. The number of likely N-dealkylation sites (N-methyl/N-ethyl adjacent to an activating group) is 1. The summed E-state index contributed by atoms with van der Waals surface area (Å²) in [5, 5.41) is 13.6. The Bertz CT molecular complexity index is 1090.